The molecule has 4 heteroatoms. The molecule has 0 bridgehead atoms. The molecule has 1 unspecified atom stereocenters. The molecule has 1 aliphatic heterocycles. The smallest absolute Gasteiger partial charge is 0.0678 e. The van der Waals surface area contributed by atoms with Crippen molar-refractivity contribution in [3.05, 3.63) is 0 Å². The molecule has 3 atom stereocenters. The Bertz CT molecular complexity index is 180. The summed E-state index contributed by atoms with van der Waals surface area (Å²) in [5.41, 5.74) is 5.57. The van der Waals surface area contributed by atoms with Crippen molar-refractivity contribution in [2.75, 3.05) is 33.4 Å². The van der Waals surface area contributed by atoms with Crippen LogP contribution in [0.1, 0.15) is 26.7 Å². The van der Waals surface area contributed by atoms with Crippen LogP contribution in [-0.4, -0.2) is 56.5 Å². The number of morpholine rings is 1. The van der Waals surface area contributed by atoms with E-state index in [1.54, 1.807) is 7.11 Å². The highest BCUT2D eigenvalue weighted by Crippen LogP contribution is 2.16. The minimum Gasteiger partial charge on any atom is -0.383 e. The number of nitrogens with zero attached hydrogens (tertiary/aromatic N) is 1. The highest BCUT2D eigenvalue weighted by atomic mass is 16.5. The summed E-state index contributed by atoms with van der Waals surface area (Å²) in [6.45, 7) is 7.83. The molecule has 4 nitrogen and oxygen atoms in total. The molecule has 0 spiro atoms. The summed E-state index contributed by atoms with van der Waals surface area (Å²) < 4.78 is 11.0. The van der Waals surface area contributed by atoms with Crippen LogP contribution < -0.4 is 5.73 Å². The second kappa shape index (κ2) is 7.22. The first-order valence-electron chi connectivity index (χ1n) is 6.25. The average molecular weight is 230 g/mol. The highest BCUT2D eigenvalue weighted by molar-refractivity contribution is 4.79. The van der Waals surface area contributed by atoms with Crippen LogP contribution in [0.2, 0.25) is 0 Å². The van der Waals surface area contributed by atoms with Crippen LogP contribution in [0, 0.1) is 0 Å². The lowest BCUT2D eigenvalue weighted by Gasteiger charge is -2.40. The monoisotopic (exact) mass is 230 g/mol. The number of methoxy groups -OCH3 is 1. The van der Waals surface area contributed by atoms with Crippen LogP contribution in [0.3, 0.4) is 0 Å². The SMILES string of the molecule is COCC(CCCN)N1C[C@@H](C)O[C@@H](C)C1. The van der Waals surface area contributed by atoms with E-state index in [2.05, 4.69) is 18.7 Å². The Labute approximate surface area is 99.1 Å². The third kappa shape index (κ3) is 4.37. The third-order valence-electron chi connectivity index (χ3n) is 3.06. The van der Waals surface area contributed by atoms with E-state index in [4.69, 9.17) is 15.2 Å². The molecule has 16 heavy (non-hydrogen) atoms. The van der Waals surface area contributed by atoms with E-state index in [0.717, 1.165) is 39.1 Å². The van der Waals surface area contributed by atoms with Gasteiger partial charge < -0.3 is 15.2 Å². The first-order chi connectivity index (χ1) is 7.67. The minimum atomic E-state index is 0.320. The van der Waals surface area contributed by atoms with Crippen LogP contribution in [0.15, 0.2) is 0 Å². The van der Waals surface area contributed by atoms with Crippen LogP contribution in [-0.2, 0) is 9.47 Å². The maximum Gasteiger partial charge on any atom is 0.0678 e. The Morgan fingerprint density at radius 2 is 2.00 bits per heavy atom. The van der Waals surface area contributed by atoms with Gasteiger partial charge in [-0.05, 0) is 33.2 Å². The first kappa shape index (κ1) is 13.9. The largest absolute Gasteiger partial charge is 0.383 e. The van der Waals surface area contributed by atoms with E-state index in [1.165, 1.54) is 0 Å². The van der Waals surface area contributed by atoms with Gasteiger partial charge >= 0.3 is 0 Å². The lowest BCUT2D eigenvalue weighted by atomic mass is 10.1. The van der Waals surface area contributed by atoms with E-state index in [9.17, 15) is 0 Å². The number of hydrogen-bond donors (Lipinski definition) is 1. The van der Waals surface area contributed by atoms with E-state index < -0.39 is 0 Å². The maximum absolute atomic E-state index is 5.74. The molecule has 0 aromatic rings. The van der Waals surface area contributed by atoms with Gasteiger partial charge in [0.15, 0.2) is 0 Å². The Morgan fingerprint density at radius 1 is 1.38 bits per heavy atom. The van der Waals surface area contributed by atoms with Gasteiger partial charge in [-0.25, -0.2) is 0 Å². The zero-order valence-corrected chi connectivity index (χ0v) is 10.8. The molecule has 0 aromatic carbocycles. The minimum absolute atomic E-state index is 0.320. The fourth-order valence-electron chi connectivity index (χ4n) is 2.43. The standard InChI is InChI=1S/C12H26N2O2/c1-10-7-14(8-11(2)16-10)12(9-15-3)5-4-6-13/h10-12H,4-9,13H2,1-3H3/t10-,11+,12?. The molecule has 1 fully saturated rings. The summed E-state index contributed by atoms with van der Waals surface area (Å²) in [6, 6.07) is 0.488. The van der Waals surface area contributed by atoms with Gasteiger partial charge in [0.25, 0.3) is 0 Å². The summed E-state index contributed by atoms with van der Waals surface area (Å²) in [7, 11) is 1.77. The van der Waals surface area contributed by atoms with E-state index in [-0.39, 0.29) is 0 Å². The van der Waals surface area contributed by atoms with Gasteiger partial charge in [0.1, 0.15) is 0 Å². The Balaban J connectivity index is 2.47. The molecular weight excluding hydrogens is 204 g/mol. The number of hydrogen-bond acceptors (Lipinski definition) is 4. The van der Waals surface area contributed by atoms with Crippen LogP contribution in [0.4, 0.5) is 0 Å². The van der Waals surface area contributed by atoms with Gasteiger partial charge in [-0.15, -0.1) is 0 Å². The fourth-order valence-corrected chi connectivity index (χ4v) is 2.43. The van der Waals surface area contributed by atoms with Gasteiger partial charge in [0.05, 0.1) is 18.8 Å². The van der Waals surface area contributed by atoms with Gasteiger partial charge in [0.2, 0.25) is 0 Å². The number of ether oxygens (including phenoxy) is 2. The molecule has 0 amide bonds. The third-order valence-corrected chi connectivity index (χ3v) is 3.06. The van der Waals surface area contributed by atoms with Crippen LogP contribution in [0.25, 0.3) is 0 Å². The quantitative estimate of drug-likeness (QED) is 0.735. The van der Waals surface area contributed by atoms with Crippen molar-refractivity contribution in [2.45, 2.75) is 44.9 Å². The molecule has 1 saturated heterocycles. The Morgan fingerprint density at radius 3 is 2.50 bits per heavy atom. The lowest BCUT2D eigenvalue weighted by molar-refractivity contribution is -0.0885. The predicted molar refractivity (Wildman–Crippen MR) is 65.5 cm³/mol. The summed E-state index contributed by atoms with van der Waals surface area (Å²) >= 11 is 0. The van der Waals surface area contributed by atoms with Crippen molar-refractivity contribution in [3.63, 3.8) is 0 Å². The fraction of sp³-hybridized carbons (Fsp3) is 1.00. The van der Waals surface area contributed by atoms with Crippen LogP contribution >= 0.6 is 0 Å². The Kier molecular flexibility index (Phi) is 6.28. The average Bonchev–Trinajstić information content (AvgIpc) is 2.22. The summed E-state index contributed by atoms with van der Waals surface area (Å²) in [6.07, 6.45) is 2.82. The van der Waals surface area contributed by atoms with E-state index in [1.807, 2.05) is 0 Å². The highest BCUT2D eigenvalue weighted by Gasteiger charge is 2.27. The molecule has 1 aliphatic rings. The topological polar surface area (TPSA) is 47.7 Å². The molecule has 2 N–H and O–H groups in total. The van der Waals surface area contributed by atoms with E-state index >= 15 is 0 Å². The molecule has 1 heterocycles. The molecule has 96 valence electrons. The van der Waals surface area contributed by atoms with Crippen molar-refractivity contribution >= 4 is 0 Å². The molecule has 0 radical (unpaired) electrons. The summed E-state index contributed by atoms with van der Waals surface area (Å²) in [4.78, 5) is 2.48. The molecule has 0 saturated carbocycles. The van der Waals surface area contributed by atoms with Gasteiger partial charge in [-0.1, -0.05) is 0 Å². The zero-order valence-electron chi connectivity index (χ0n) is 10.8. The second-order valence-corrected chi connectivity index (χ2v) is 4.75. The normalized spacial score (nSPS) is 29.2. The van der Waals surface area contributed by atoms with Crippen molar-refractivity contribution in [3.8, 4) is 0 Å². The van der Waals surface area contributed by atoms with Crippen molar-refractivity contribution in [1.29, 1.82) is 0 Å². The maximum atomic E-state index is 5.74. The summed E-state index contributed by atoms with van der Waals surface area (Å²) in [5, 5.41) is 0. The zero-order chi connectivity index (χ0) is 12.0. The summed E-state index contributed by atoms with van der Waals surface area (Å²) in [5.74, 6) is 0. The molecule has 1 rings (SSSR count). The first-order valence-corrected chi connectivity index (χ1v) is 6.25. The van der Waals surface area contributed by atoms with Crippen molar-refractivity contribution in [1.82, 2.24) is 4.90 Å². The molecule has 0 aromatic heterocycles. The molecule has 0 aliphatic carbocycles. The second-order valence-electron chi connectivity index (χ2n) is 4.75. The van der Waals surface area contributed by atoms with Gasteiger partial charge in [-0.3, -0.25) is 4.90 Å². The number of rotatable bonds is 6. The number of nitrogens with two attached hydrogens (primary N) is 1. The molecular formula is C12H26N2O2. The Hall–Kier alpha value is -0.160. The van der Waals surface area contributed by atoms with E-state index in [0.29, 0.717) is 18.2 Å². The van der Waals surface area contributed by atoms with Crippen molar-refractivity contribution in [2.24, 2.45) is 5.73 Å². The predicted octanol–water partition coefficient (Wildman–Crippen LogP) is 0.850. The van der Waals surface area contributed by atoms with Crippen molar-refractivity contribution < 1.29 is 9.47 Å². The lowest BCUT2D eigenvalue weighted by Crippen LogP contribution is -2.51. The van der Waals surface area contributed by atoms with Gasteiger partial charge in [-0.2, -0.15) is 0 Å². The van der Waals surface area contributed by atoms with Crippen LogP contribution in [0.5, 0.6) is 0 Å². The van der Waals surface area contributed by atoms with Gasteiger partial charge in [0, 0.05) is 26.2 Å².